The molecule has 0 fully saturated rings. The monoisotopic (exact) mass is 346 g/mol. The average Bonchev–Trinajstić information content (AvgIpc) is 2.55. The van der Waals surface area contributed by atoms with Gasteiger partial charge in [-0.1, -0.05) is 38.1 Å². The summed E-state index contributed by atoms with van der Waals surface area (Å²) in [5.41, 5.74) is 3.68. The van der Waals surface area contributed by atoms with Gasteiger partial charge in [0, 0.05) is 5.56 Å². The molecular formula is C19H28N3O3+. The highest BCUT2D eigenvalue weighted by Gasteiger charge is 2.25. The number of rotatable bonds is 7. The fraction of sp³-hybridized carbons (Fsp3) is 0.474. The van der Waals surface area contributed by atoms with E-state index in [1.54, 1.807) is 6.92 Å². The zero-order valence-corrected chi connectivity index (χ0v) is 15.4. The molecule has 3 N–H and O–H groups in total. The molecule has 2 rings (SSSR count). The number of nitrogens with one attached hydrogen (secondary N) is 3. The van der Waals surface area contributed by atoms with Crippen molar-refractivity contribution in [1.29, 1.82) is 0 Å². The summed E-state index contributed by atoms with van der Waals surface area (Å²) in [5, 5.41) is 5.38. The SMILES string of the molecule is CCOC(=O)C1=C(C[NH+](C)Cc2ccc(C(C)C)cc2)NC(=O)NC1. The molecule has 136 valence electrons. The van der Waals surface area contributed by atoms with E-state index >= 15 is 0 Å². The van der Waals surface area contributed by atoms with Crippen LogP contribution in [0, 0.1) is 0 Å². The van der Waals surface area contributed by atoms with Gasteiger partial charge >= 0.3 is 12.0 Å². The topological polar surface area (TPSA) is 71.9 Å². The first-order valence-corrected chi connectivity index (χ1v) is 8.74. The molecule has 0 spiro atoms. The summed E-state index contributed by atoms with van der Waals surface area (Å²) in [6.07, 6.45) is 0. The zero-order valence-electron chi connectivity index (χ0n) is 15.4. The van der Waals surface area contributed by atoms with Gasteiger partial charge in [-0.05, 0) is 18.4 Å². The Morgan fingerprint density at radius 3 is 2.52 bits per heavy atom. The summed E-state index contributed by atoms with van der Waals surface area (Å²) in [6, 6.07) is 8.31. The quantitative estimate of drug-likeness (QED) is 0.644. The van der Waals surface area contributed by atoms with Crippen LogP contribution in [-0.4, -0.2) is 38.7 Å². The van der Waals surface area contributed by atoms with Gasteiger partial charge < -0.3 is 20.3 Å². The Balaban J connectivity index is 2.06. The molecule has 1 aliphatic rings. The molecular weight excluding hydrogens is 318 g/mol. The molecule has 1 aliphatic heterocycles. The fourth-order valence-corrected chi connectivity index (χ4v) is 2.83. The number of benzene rings is 1. The molecule has 6 heteroatoms. The Hall–Kier alpha value is -2.34. The summed E-state index contributed by atoms with van der Waals surface area (Å²) in [4.78, 5) is 24.9. The van der Waals surface area contributed by atoms with Gasteiger partial charge in [0.15, 0.2) is 0 Å². The number of esters is 1. The Labute approximate surface area is 149 Å². The van der Waals surface area contributed by atoms with Crippen molar-refractivity contribution in [3.05, 3.63) is 46.7 Å². The largest absolute Gasteiger partial charge is 0.463 e. The van der Waals surface area contributed by atoms with E-state index in [1.807, 2.05) is 7.05 Å². The molecule has 0 aliphatic carbocycles. The molecule has 0 aromatic heterocycles. The van der Waals surface area contributed by atoms with E-state index in [9.17, 15) is 9.59 Å². The molecule has 6 nitrogen and oxygen atoms in total. The number of urea groups is 1. The second kappa shape index (κ2) is 8.67. The minimum absolute atomic E-state index is 0.205. The number of ether oxygens (including phenoxy) is 1. The van der Waals surface area contributed by atoms with Crippen molar-refractivity contribution in [2.75, 3.05) is 26.7 Å². The second-order valence-electron chi connectivity index (χ2n) is 6.69. The van der Waals surface area contributed by atoms with Crippen LogP contribution in [0.1, 0.15) is 37.8 Å². The third-order valence-electron chi connectivity index (χ3n) is 4.21. The Kier molecular flexibility index (Phi) is 6.58. The van der Waals surface area contributed by atoms with Gasteiger partial charge in [0.05, 0.1) is 31.5 Å². The molecule has 0 saturated carbocycles. The minimum atomic E-state index is -0.376. The Morgan fingerprint density at radius 2 is 1.92 bits per heavy atom. The second-order valence-corrected chi connectivity index (χ2v) is 6.69. The molecule has 0 bridgehead atoms. The van der Waals surface area contributed by atoms with E-state index in [0.29, 0.717) is 30.3 Å². The standard InChI is InChI=1S/C19H27N3O3/c1-5-25-18(23)16-10-20-19(24)21-17(16)12-22(4)11-14-6-8-15(9-7-14)13(2)3/h6-9,13H,5,10-12H2,1-4H3,(H2,20,21,24)/p+1. The number of hydrogen-bond acceptors (Lipinski definition) is 3. The van der Waals surface area contributed by atoms with E-state index in [1.165, 1.54) is 16.0 Å². The highest BCUT2D eigenvalue weighted by molar-refractivity contribution is 5.93. The average molecular weight is 346 g/mol. The molecule has 0 saturated heterocycles. The van der Waals surface area contributed by atoms with Crippen LogP contribution >= 0.6 is 0 Å². The van der Waals surface area contributed by atoms with Crippen molar-refractivity contribution in [3.63, 3.8) is 0 Å². The lowest BCUT2D eigenvalue weighted by atomic mass is 10.0. The van der Waals surface area contributed by atoms with Crippen molar-refractivity contribution >= 4 is 12.0 Å². The van der Waals surface area contributed by atoms with Crippen molar-refractivity contribution in [3.8, 4) is 0 Å². The molecule has 1 aromatic carbocycles. The molecule has 1 aromatic rings. The van der Waals surface area contributed by atoms with E-state index in [2.05, 4.69) is 48.7 Å². The van der Waals surface area contributed by atoms with Gasteiger partial charge in [-0.25, -0.2) is 9.59 Å². The lowest BCUT2D eigenvalue weighted by Crippen LogP contribution is -3.08. The van der Waals surface area contributed by atoms with E-state index in [-0.39, 0.29) is 18.5 Å². The first-order chi connectivity index (χ1) is 11.9. The maximum absolute atomic E-state index is 12.1. The number of carbonyl (C=O) groups excluding carboxylic acids is 2. The predicted molar refractivity (Wildman–Crippen MR) is 96.2 cm³/mol. The number of likely N-dealkylation sites (N-methyl/N-ethyl adjacent to an activating group) is 1. The summed E-state index contributed by atoms with van der Waals surface area (Å²) >= 11 is 0. The van der Waals surface area contributed by atoms with Crippen LogP contribution in [0.15, 0.2) is 35.5 Å². The Bertz CT molecular complexity index is 650. The summed E-state index contributed by atoms with van der Waals surface area (Å²) < 4.78 is 5.08. The van der Waals surface area contributed by atoms with Crippen molar-refractivity contribution in [1.82, 2.24) is 10.6 Å². The summed E-state index contributed by atoms with van der Waals surface area (Å²) in [6.45, 7) is 8.00. The van der Waals surface area contributed by atoms with Gasteiger partial charge in [0.2, 0.25) is 0 Å². The van der Waals surface area contributed by atoms with Crippen molar-refractivity contribution in [2.45, 2.75) is 33.2 Å². The van der Waals surface area contributed by atoms with Gasteiger partial charge in [0.25, 0.3) is 0 Å². The normalized spacial score (nSPS) is 15.6. The van der Waals surface area contributed by atoms with Crippen LogP contribution in [-0.2, 0) is 16.1 Å². The number of quaternary nitrogens is 1. The smallest absolute Gasteiger partial charge is 0.337 e. The van der Waals surface area contributed by atoms with Crippen LogP contribution in [0.2, 0.25) is 0 Å². The van der Waals surface area contributed by atoms with Gasteiger partial charge in [-0.2, -0.15) is 0 Å². The maximum Gasteiger partial charge on any atom is 0.337 e. The summed E-state index contributed by atoms with van der Waals surface area (Å²) in [5.74, 6) is 0.139. The third-order valence-corrected chi connectivity index (χ3v) is 4.21. The van der Waals surface area contributed by atoms with Gasteiger partial charge in [-0.3, -0.25) is 0 Å². The number of amides is 2. The van der Waals surface area contributed by atoms with Gasteiger partial charge in [-0.15, -0.1) is 0 Å². The molecule has 1 atom stereocenters. The third kappa shape index (κ3) is 5.32. The van der Waals surface area contributed by atoms with Crippen LogP contribution in [0.5, 0.6) is 0 Å². The van der Waals surface area contributed by atoms with E-state index < -0.39 is 0 Å². The molecule has 1 unspecified atom stereocenters. The zero-order chi connectivity index (χ0) is 18.4. The lowest BCUT2D eigenvalue weighted by molar-refractivity contribution is -0.889. The first kappa shape index (κ1) is 19.0. The maximum atomic E-state index is 12.1. The predicted octanol–water partition coefficient (Wildman–Crippen LogP) is 0.955. The molecule has 0 radical (unpaired) electrons. The summed E-state index contributed by atoms with van der Waals surface area (Å²) in [7, 11) is 2.04. The van der Waals surface area contributed by atoms with Crippen molar-refractivity contribution < 1.29 is 19.2 Å². The minimum Gasteiger partial charge on any atom is -0.463 e. The van der Waals surface area contributed by atoms with Crippen LogP contribution in [0.3, 0.4) is 0 Å². The van der Waals surface area contributed by atoms with Crippen LogP contribution in [0.25, 0.3) is 0 Å². The van der Waals surface area contributed by atoms with E-state index in [4.69, 9.17) is 4.74 Å². The highest BCUT2D eigenvalue weighted by Crippen LogP contribution is 2.14. The molecule has 2 amide bonds. The molecule has 1 heterocycles. The fourth-order valence-electron chi connectivity index (χ4n) is 2.83. The highest BCUT2D eigenvalue weighted by atomic mass is 16.5. The van der Waals surface area contributed by atoms with Gasteiger partial charge in [0.1, 0.15) is 13.1 Å². The van der Waals surface area contributed by atoms with Crippen molar-refractivity contribution in [2.24, 2.45) is 0 Å². The first-order valence-electron chi connectivity index (χ1n) is 8.74. The Morgan fingerprint density at radius 1 is 1.24 bits per heavy atom. The lowest BCUT2D eigenvalue weighted by Gasteiger charge is -2.23. The van der Waals surface area contributed by atoms with Crippen LogP contribution < -0.4 is 15.5 Å². The molecule has 25 heavy (non-hydrogen) atoms. The number of hydrogen-bond donors (Lipinski definition) is 3. The van der Waals surface area contributed by atoms with E-state index in [0.717, 1.165) is 6.54 Å². The van der Waals surface area contributed by atoms with Crippen LogP contribution in [0.4, 0.5) is 4.79 Å². The number of carbonyl (C=O) groups is 2.